The lowest BCUT2D eigenvalue weighted by atomic mass is 10.00. The lowest BCUT2D eigenvalue weighted by molar-refractivity contribution is -0.308. The molecule has 0 rings (SSSR count). The van der Waals surface area contributed by atoms with Gasteiger partial charge in [-0.2, -0.15) is 39.5 Å². The number of alkyl halides is 9. The second kappa shape index (κ2) is 4.50. The highest BCUT2D eigenvalue weighted by molar-refractivity contribution is 5.77. The van der Waals surface area contributed by atoms with E-state index < -0.39 is 42.8 Å². The molecule has 11 heteroatoms. The van der Waals surface area contributed by atoms with Crippen LogP contribution in [0.15, 0.2) is 0 Å². The van der Waals surface area contributed by atoms with E-state index in [-0.39, 0.29) is 0 Å². The first-order valence-electron chi connectivity index (χ1n) is 4.09. The van der Waals surface area contributed by atoms with Crippen molar-refractivity contribution in [3.8, 4) is 0 Å². The van der Waals surface area contributed by atoms with Crippen molar-refractivity contribution >= 4 is 5.97 Å². The van der Waals surface area contributed by atoms with Gasteiger partial charge in [-0.25, -0.2) is 4.79 Å². The molecule has 1 N–H and O–H groups in total. The molecule has 2 nitrogen and oxygen atoms in total. The summed E-state index contributed by atoms with van der Waals surface area (Å²) in [5.74, 6) is -22.0. The van der Waals surface area contributed by atoms with Crippen LogP contribution in [0.5, 0.6) is 0 Å². The van der Waals surface area contributed by atoms with Gasteiger partial charge >= 0.3 is 29.9 Å². The van der Waals surface area contributed by atoms with E-state index in [1.54, 1.807) is 0 Å². The van der Waals surface area contributed by atoms with Crippen LogP contribution in [0.1, 0.15) is 12.8 Å². The van der Waals surface area contributed by atoms with E-state index in [4.69, 9.17) is 5.11 Å². The lowest BCUT2D eigenvalue weighted by Crippen LogP contribution is -2.58. The van der Waals surface area contributed by atoms with Gasteiger partial charge in [-0.3, -0.25) is 0 Å². The highest BCUT2D eigenvalue weighted by Crippen LogP contribution is 2.48. The van der Waals surface area contributed by atoms with E-state index in [1.165, 1.54) is 0 Å². The maximum absolute atomic E-state index is 12.6. The number of halogens is 9. The number of hydrogen-bond acceptors (Lipinski definition) is 1. The molecule has 0 aromatic rings. The summed E-state index contributed by atoms with van der Waals surface area (Å²) < 4.78 is 110. The third kappa shape index (κ3) is 3.19. The Balaban J connectivity index is 5.14. The predicted octanol–water partition coefficient (Wildman–Crippen LogP) is 3.32. The number of carboxylic acid groups (broad SMARTS) is 1. The van der Waals surface area contributed by atoms with Gasteiger partial charge in [0.15, 0.2) is 0 Å². The van der Waals surface area contributed by atoms with Gasteiger partial charge in [0.05, 0.1) is 0 Å². The quantitative estimate of drug-likeness (QED) is 0.789. The number of carbonyl (C=O) groups is 1. The summed E-state index contributed by atoms with van der Waals surface area (Å²) in [6.07, 6.45) is -10.4. The normalized spacial score (nSPS) is 14.7. The first kappa shape index (κ1) is 16.8. The Bertz CT molecular complexity index is 319. The zero-order valence-electron chi connectivity index (χ0n) is 8.17. The van der Waals surface area contributed by atoms with Crippen LogP contribution in [0.4, 0.5) is 39.5 Å². The molecule has 0 aliphatic heterocycles. The van der Waals surface area contributed by atoms with Crippen molar-refractivity contribution in [2.24, 2.45) is 0 Å². The smallest absolute Gasteiger partial charge is 0.410 e. The summed E-state index contributed by atoms with van der Waals surface area (Å²) in [7, 11) is 0. The Labute approximate surface area is 93.4 Å². The van der Waals surface area contributed by atoms with Crippen molar-refractivity contribution in [1.29, 1.82) is 0 Å². The van der Waals surface area contributed by atoms with E-state index in [0.29, 0.717) is 0 Å². The van der Waals surface area contributed by atoms with Gasteiger partial charge in [0, 0.05) is 12.8 Å². The highest BCUT2D eigenvalue weighted by Gasteiger charge is 2.75. The van der Waals surface area contributed by atoms with Crippen LogP contribution in [0.2, 0.25) is 0 Å². The summed E-state index contributed by atoms with van der Waals surface area (Å²) in [5, 5.41) is 7.68. The second-order valence-corrected chi connectivity index (χ2v) is 3.27. The lowest BCUT2D eigenvalue weighted by Gasteiger charge is -2.30. The molecule has 108 valence electrons. The molecule has 0 saturated carbocycles. The fourth-order valence-electron chi connectivity index (χ4n) is 0.820. The summed E-state index contributed by atoms with van der Waals surface area (Å²) in [5.41, 5.74) is 0. The van der Waals surface area contributed by atoms with Crippen LogP contribution in [0, 0.1) is 0 Å². The van der Waals surface area contributed by atoms with Crippen LogP contribution in [-0.2, 0) is 4.79 Å². The van der Waals surface area contributed by atoms with Gasteiger partial charge in [-0.15, -0.1) is 0 Å². The number of rotatable bonds is 5. The van der Waals surface area contributed by atoms with Gasteiger partial charge in [0.2, 0.25) is 0 Å². The van der Waals surface area contributed by atoms with Crippen LogP contribution >= 0.6 is 0 Å². The molecule has 0 bridgehead atoms. The van der Waals surface area contributed by atoms with Gasteiger partial charge in [0.1, 0.15) is 0 Å². The minimum Gasteiger partial charge on any atom is -0.477 e. The third-order valence-electron chi connectivity index (χ3n) is 1.84. The number of hydrogen-bond donors (Lipinski definition) is 1. The van der Waals surface area contributed by atoms with E-state index in [1.807, 2.05) is 0 Å². The molecule has 0 saturated heterocycles. The zero-order valence-corrected chi connectivity index (χ0v) is 8.17. The average molecular weight is 292 g/mol. The summed E-state index contributed by atoms with van der Waals surface area (Å²) in [6, 6.07) is 0. The van der Waals surface area contributed by atoms with Gasteiger partial charge in [0.25, 0.3) is 0 Å². The van der Waals surface area contributed by atoms with Crippen molar-refractivity contribution in [2.75, 3.05) is 0 Å². The Morgan fingerprint density at radius 2 is 1.22 bits per heavy atom. The maximum Gasteiger partial charge on any atom is 0.410 e. The van der Waals surface area contributed by atoms with E-state index in [2.05, 4.69) is 0 Å². The zero-order chi connectivity index (χ0) is 15.0. The van der Waals surface area contributed by atoms with E-state index in [9.17, 15) is 44.3 Å². The SMILES string of the molecule is O=C(O)C(F)(F)C(F)(F)C(F)(F)CCC(F)(F)F. The van der Waals surface area contributed by atoms with Crippen molar-refractivity contribution < 1.29 is 49.4 Å². The fraction of sp³-hybridized carbons (Fsp3) is 0.857. The molecule has 0 aromatic heterocycles. The second-order valence-electron chi connectivity index (χ2n) is 3.27. The van der Waals surface area contributed by atoms with Crippen LogP contribution in [-0.4, -0.2) is 35.0 Å². The Morgan fingerprint density at radius 3 is 1.50 bits per heavy atom. The molecule has 0 aliphatic rings. The minimum atomic E-state index is -6.43. The molecule has 0 amide bonds. The van der Waals surface area contributed by atoms with Crippen molar-refractivity contribution in [3.05, 3.63) is 0 Å². The average Bonchev–Trinajstić information content (AvgIpc) is 2.13. The van der Waals surface area contributed by atoms with Crippen molar-refractivity contribution in [1.82, 2.24) is 0 Å². The van der Waals surface area contributed by atoms with E-state index >= 15 is 0 Å². The summed E-state index contributed by atoms with van der Waals surface area (Å²) in [6.45, 7) is 0. The van der Waals surface area contributed by atoms with Crippen LogP contribution in [0.3, 0.4) is 0 Å². The van der Waals surface area contributed by atoms with Gasteiger partial charge in [-0.05, 0) is 0 Å². The standard InChI is InChI=1S/C7H5F9O2/c8-4(9,1-2-5(10,11)12)7(15,16)6(13,14)3(17)18/h1-2H2,(H,17,18). The van der Waals surface area contributed by atoms with Crippen LogP contribution in [0.25, 0.3) is 0 Å². The van der Waals surface area contributed by atoms with Gasteiger partial charge in [-0.1, -0.05) is 0 Å². The first-order valence-corrected chi connectivity index (χ1v) is 4.09. The Morgan fingerprint density at radius 1 is 0.833 bits per heavy atom. The molecular weight excluding hydrogens is 287 g/mol. The molecule has 0 aromatic carbocycles. The van der Waals surface area contributed by atoms with Crippen molar-refractivity contribution in [2.45, 2.75) is 36.8 Å². The molecule has 0 fully saturated rings. The topological polar surface area (TPSA) is 37.3 Å². The molecule has 0 aliphatic carbocycles. The predicted molar refractivity (Wildman–Crippen MR) is 37.8 cm³/mol. The first-order chi connectivity index (χ1) is 7.65. The molecule has 0 radical (unpaired) electrons. The minimum absolute atomic E-state index is 2.45. The van der Waals surface area contributed by atoms with Gasteiger partial charge < -0.3 is 5.11 Å². The third-order valence-corrected chi connectivity index (χ3v) is 1.84. The molecule has 0 atom stereocenters. The molecule has 18 heavy (non-hydrogen) atoms. The fourth-order valence-corrected chi connectivity index (χ4v) is 0.820. The summed E-state index contributed by atoms with van der Waals surface area (Å²) in [4.78, 5) is 9.73. The number of aliphatic carboxylic acids is 1. The molecule has 0 heterocycles. The Kier molecular flexibility index (Phi) is 4.21. The monoisotopic (exact) mass is 292 g/mol. The molecule has 0 spiro atoms. The van der Waals surface area contributed by atoms with E-state index in [0.717, 1.165) is 0 Å². The highest BCUT2D eigenvalue weighted by atomic mass is 19.4. The maximum atomic E-state index is 12.6. The molecular formula is C7H5F9O2. The Hall–Kier alpha value is -1.16. The van der Waals surface area contributed by atoms with Crippen LogP contribution < -0.4 is 0 Å². The largest absolute Gasteiger partial charge is 0.477 e. The summed E-state index contributed by atoms with van der Waals surface area (Å²) >= 11 is 0. The van der Waals surface area contributed by atoms with Crippen molar-refractivity contribution in [3.63, 3.8) is 0 Å². The number of carboxylic acids is 1. The molecule has 0 unspecified atom stereocenters.